The Morgan fingerprint density at radius 1 is 1.17 bits per heavy atom. The second-order valence-corrected chi connectivity index (χ2v) is 9.35. The van der Waals surface area contributed by atoms with E-state index in [4.69, 9.17) is 14.2 Å². The first-order valence-electron chi connectivity index (χ1n) is 12.0. The number of methoxy groups -OCH3 is 2. The fraction of sp³-hybridized carbons (Fsp3) is 0.481. The van der Waals surface area contributed by atoms with Crippen LogP contribution < -0.4 is 10.1 Å². The van der Waals surface area contributed by atoms with Crippen molar-refractivity contribution < 1.29 is 28.2 Å². The zero-order valence-electron chi connectivity index (χ0n) is 21.6. The molecule has 1 aliphatic rings. The third-order valence-corrected chi connectivity index (χ3v) is 6.41. The zero-order chi connectivity index (χ0) is 26.2. The maximum absolute atomic E-state index is 13.8. The number of nitrogens with zero attached hydrogens (tertiary/aromatic N) is 2. The van der Waals surface area contributed by atoms with Crippen molar-refractivity contribution in [1.29, 1.82) is 0 Å². The number of nitrogens with one attached hydrogen (secondary N) is 1. The fourth-order valence-electron chi connectivity index (χ4n) is 4.35. The van der Waals surface area contributed by atoms with Gasteiger partial charge in [0.05, 0.1) is 11.7 Å². The fourth-order valence-corrected chi connectivity index (χ4v) is 4.35. The summed E-state index contributed by atoms with van der Waals surface area (Å²) in [5.74, 6) is -0.304. The second-order valence-electron chi connectivity index (χ2n) is 9.35. The van der Waals surface area contributed by atoms with E-state index in [1.807, 2.05) is 13.0 Å². The van der Waals surface area contributed by atoms with Gasteiger partial charge in [-0.2, -0.15) is 0 Å². The van der Waals surface area contributed by atoms with E-state index in [0.29, 0.717) is 43.2 Å². The number of fused-ring (bicyclic) bond motifs is 1. The number of amides is 2. The summed E-state index contributed by atoms with van der Waals surface area (Å²) in [7, 11) is 4.81. The van der Waals surface area contributed by atoms with Crippen molar-refractivity contribution in [2.75, 3.05) is 52.9 Å². The summed E-state index contributed by atoms with van der Waals surface area (Å²) >= 11 is 0. The number of anilines is 1. The molecule has 0 bridgehead atoms. The number of carbonyl (C=O) groups is 2. The molecule has 0 saturated heterocycles. The van der Waals surface area contributed by atoms with Crippen LogP contribution in [0.2, 0.25) is 0 Å². The van der Waals surface area contributed by atoms with Gasteiger partial charge in [-0.05, 0) is 48.7 Å². The lowest BCUT2D eigenvalue weighted by Gasteiger charge is -2.36. The molecular weight excluding hydrogens is 465 g/mol. The van der Waals surface area contributed by atoms with Crippen LogP contribution in [-0.4, -0.2) is 81.3 Å². The average molecular weight is 502 g/mol. The van der Waals surface area contributed by atoms with Gasteiger partial charge in [-0.1, -0.05) is 19.1 Å². The first kappa shape index (κ1) is 27.6. The summed E-state index contributed by atoms with van der Waals surface area (Å²) < 4.78 is 30.6. The summed E-state index contributed by atoms with van der Waals surface area (Å²) in [4.78, 5) is 29.3. The molecule has 1 heterocycles. The van der Waals surface area contributed by atoms with Gasteiger partial charge in [-0.3, -0.25) is 14.5 Å². The molecule has 3 atom stereocenters. The van der Waals surface area contributed by atoms with E-state index in [1.165, 1.54) is 13.2 Å². The second kappa shape index (κ2) is 12.8. The standard InChI is InChI=1S/C27H36FN3O5/c1-18-13-31(14-20-7-6-8-21(28)11-20)19(2)16-36-24-10-9-22(29-26(32)17-34-4)12-23(24)27(33)30(3)15-25(18)35-5/h6-12,18-19,25H,13-17H2,1-5H3,(H,29,32)/t18-,19-,25-/m1/s1. The van der Waals surface area contributed by atoms with Gasteiger partial charge in [-0.15, -0.1) is 0 Å². The Bertz CT molecular complexity index is 1050. The quantitative estimate of drug-likeness (QED) is 0.654. The molecule has 0 saturated carbocycles. The minimum atomic E-state index is -0.317. The van der Waals surface area contributed by atoms with Gasteiger partial charge in [0.1, 0.15) is 24.8 Å². The highest BCUT2D eigenvalue weighted by Gasteiger charge is 2.28. The molecule has 2 aromatic rings. The Balaban J connectivity index is 1.92. The summed E-state index contributed by atoms with van der Waals surface area (Å²) in [6.45, 7) is 5.97. The molecule has 0 unspecified atom stereocenters. The molecule has 0 aliphatic carbocycles. The van der Waals surface area contributed by atoms with E-state index in [9.17, 15) is 14.0 Å². The Labute approximate surface area is 212 Å². The lowest BCUT2D eigenvalue weighted by atomic mass is 10.0. The number of halogens is 1. The highest BCUT2D eigenvalue weighted by molar-refractivity contribution is 5.99. The van der Waals surface area contributed by atoms with Gasteiger partial charge in [-0.25, -0.2) is 4.39 Å². The topological polar surface area (TPSA) is 80.3 Å². The summed E-state index contributed by atoms with van der Waals surface area (Å²) in [5.41, 5.74) is 1.70. The van der Waals surface area contributed by atoms with Crippen molar-refractivity contribution in [2.24, 2.45) is 5.92 Å². The van der Waals surface area contributed by atoms with Gasteiger partial charge in [0.2, 0.25) is 5.91 Å². The van der Waals surface area contributed by atoms with Crippen LogP contribution in [0.3, 0.4) is 0 Å². The smallest absolute Gasteiger partial charge is 0.257 e. The molecule has 1 N–H and O–H groups in total. The molecule has 0 spiro atoms. The van der Waals surface area contributed by atoms with Gasteiger partial charge < -0.3 is 24.4 Å². The zero-order valence-corrected chi connectivity index (χ0v) is 21.6. The van der Waals surface area contributed by atoms with Crippen molar-refractivity contribution in [3.63, 3.8) is 0 Å². The maximum Gasteiger partial charge on any atom is 0.257 e. The van der Waals surface area contributed by atoms with Crippen molar-refractivity contribution in [1.82, 2.24) is 9.80 Å². The number of benzene rings is 2. The average Bonchev–Trinajstić information content (AvgIpc) is 2.84. The van der Waals surface area contributed by atoms with Crippen molar-refractivity contribution >= 4 is 17.5 Å². The molecule has 2 aromatic carbocycles. The van der Waals surface area contributed by atoms with Crippen LogP contribution in [-0.2, 0) is 20.8 Å². The predicted octanol–water partition coefficient (Wildman–Crippen LogP) is 3.42. The molecule has 0 radical (unpaired) electrons. The first-order valence-corrected chi connectivity index (χ1v) is 12.0. The number of likely N-dealkylation sites (N-methyl/N-ethyl adjacent to an activating group) is 1. The Kier molecular flexibility index (Phi) is 9.81. The molecule has 3 rings (SSSR count). The minimum absolute atomic E-state index is 0.0330. The monoisotopic (exact) mass is 501 g/mol. The van der Waals surface area contributed by atoms with E-state index in [0.717, 1.165) is 5.56 Å². The van der Waals surface area contributed by atoms with Crippen LogP contribution in [0.4, 0.5) is 10.1 Å². The van der Waals surface area contributed by atoms with Crippen LogP contribution in [0.15, 0.2) is 42.5 Å². The number of hydrogen-bond acceptors (Lipinski definition) is 6. The molecule has 0 aromatic heterocycles. The van der Waals surface area contributed by atoms with Gasteiger partial charge >= 0.3 is 0 Å². The van der Waals surface area contributed by atoms with E-state index in [2.05, 4.69) is 17.1 Å². The van der Waals surface area contributed by atoms with Crippen LogP contribution in [0, 0.1) is 11.7 Å². The van der Waals surface area contributed by atoms with Crippen LogP contribution in [0.1, 0.15) is 29.8 Å². The number of carbonyl (C=O) groups excluding carboxylic acids is 2. The summed E-state index contributed by atoms with van der Waals surface area (Å²) in [5, 5.41) is 2.74. The maximum atomic E-state index is 13.8. The first-order chi connectivity index (χ1) is 17.2. The molecule has 0 fully saturated rings. The number of hydrogen-bond donors (Lipinski definition) is 1. The highest BCUT2D eigenvalue weighted by Crippen LogP contribution is 2.27. The summed E-state index contributed by atoms with van der Waals surface area (Å²) in [6, 6.07) is 11.6. The molecular formula is C27H36FN3O5. The molecule has 196 valence electrons. The van der Waals surface area contributed by atoms with Crippen molar-refractivity contribution in [3.05, 3.63) is 59.4 Å². The van der Waals surface area contributed by atoms with E-state index >= 15 is 0 Å². The molecule has 2 amide bonds. The van der Waals surface area contributed by atoms with Crippen molar-refractivity contribution in [2.45, 2.75) is 32.5 Å². The van der Waals surface area contributed by atoms with Crippen molar-refractivity contribution in [3.8, 4) is 5.75 Å². The Hall–Kier alpha value is -3.01. The predicted molar refractivity (Wildman–Crippen MR) is 136 cm³/mol. The Morgan fingerprint density at radius 2 is 1.94 bits per heavy atom. The van der Waals surface area contributed by atoms with E-state index in [1.54, 1.807) is 49.4 Å². The normalized spacial score (nSPS) is 21.7. The molecule has 1 aliphatic heterocycles. The van der Waals surface area contributed by atoms with E-state index in [-0.39, 0.29) is 42.3 Å². The largest absolute Gasteiger partial charge is 0.491 e. The molecule has 36 heavy (non-hydrogen) atoms. The van der Waals surface area contributed by atoms with Crippen LogP contribution in [0.5, 0.6) is 5.75 Å². The lowest BCUT2D eigenvalue weighted by Crippen LogP contribution is -2.46. The van der Waals surface area contributed by atoms with Crippen LogP contribution in [0.25, 0.3) is 0 Å². The summed E-state index contributed by atoms with van der Waals surface area (Å²) in [6.07, 6.45) is -0.213. The van der Waals surface area contributed by atoms with Crippen LogP contribution >= 0.6 is 0 Å². The molecule has 8 nitrogen and oxygen atoms in total. The van der Waals surface area contributed by atoms with Gasteiger partial charge in [0.25, 0.3) is 5.91 Å². The minimum Gasteiger partial charge on any atom is -0.491 e. The lowest BCUT2D eigenvalue weighted by molar-refractivity contribution is -0.119. The SMILES string of the molecule is COCC(=O)Nc1ccc2c(c1)C(=O)N(C)C[C@@H](OC)[C@H](C)CN(Cc1cccc(F)c1)[C@H](C)CO2. The van der Waals surface area contributed by atoms with E-state index < -0.39 is 0 Å². The van der Waals surface area contributed by atoms with Gasteiger partial charge in [0, 0.05) is 52.6 Å². The number of ether oxygens (including phenoxy) is 3. The Morgan fingerprint density at radius 3 is 2.64 bits per heavy atom. The third-order valence-electron chi connectivity index (χ3n) is 6.41. The molecule has 9 heteroatoms. The number of rotatable bonds is 6. The van der Waals surface area contributed by atoms with Gasteiger partial charge in [0.15, 0.2) is 0 Å². The third kappa shape index (κ3) is 7.25. The highest BCUT2D eigenvalue weighted by atomic mass is 19.1.